The molecule has 0 aromatic heterocycles. The summed E-state index contributed by atoms with van der Waals surface area (Å²) in [6.07, 6.45) is 2.37. The summed E-state index contributed by atoms with van der Waals surface area (Å²) in [4.78, 5) is 14.0. The zero-order valence-corrected chi connectivity index (χ0v) is 10.1. The molecule has 1 amide bonds. The van der Waals surface area contributed by atoms with Gasteiger partial charge in [0.05, 0.1) is 6.54 Å². The molecular formula is C13H19N3O. The van der Waals surface area contributed by atoms with E-state index in [0.717, 1.165) is 12.2 Å². The zero-order chi connectivity index (χ0) is 12.3. The second kappa shape index (κ2) is 5.19. The molecule has 1 aliphatic rings. The minimum absolute atomic E-state index is 0.0318. The lowest BCUT2D eigenvalue weighted by Crippen LogP contribution is -2.35. The van der Waals surface area contributed by atoms with Crippen molar-refractivity contribution in [2.75, 3.05) is 24.1 Å². The van der Waals surface area contributed by atoms with E-state index in [1.54, 1.807) is 12.1 Å². The van der Waals surface area contributed by atoms with Crippen molar-refractivity contribution in [3.8, 4) is 0 Å². The predicted octanol–water partition coefficient (Wildman–Crippen LogP) is 1.69. The number of hydrogen-bond acceptors (Lipinski definition) is 3. The maximum absolute atomic E-state index is 11.8. The number of nitrogens with one attached hydrogen (secondary N) is 1. The van der Waals surface area contributed by atoms with Crippen molar-refractivity contribution >= 4 is 17.3 Å². The lowest BCUT2D eigenvalue weighted by molar-refractivity contribution is -0.117. The second-order valence-electron chi connectivity index (χ2n) is 4.64. The fraction of sp³-hybridized carbons (Fsp3) is 0.462. The number of nitrogen functional groups attached to an aromatic ring is 1. The van der Waals surface area contributed by atoms with E-state index in [-0.39, 0.29) is 5.91 Å². The Morgan fingerprint density at radius 1 is 1.59 bits per heavy atom. The molecule has 1 aromatic rings. The van der Waals surface area contributed by atoms with Gasteiger partial charge in [-0.3, -0.25) is 9.69 Å². The molecule has 17 heavy (non-hydrogen) atoms. The van der Waals surface area contributed by atoms with E-state index in [1.807, 2.05) is 12.1 Å². The average Bonchev–Trinajstić information content (AvgIpc) is 2.64. The predicted molar refractivity (Wildman–Crippen MR) is 69.8 cm³/mol. The molecule has 4 nitrogen and oxygen atoms in total. The van der Waals surface area contributed by atoms with Gasteiger partial charge in [0.25, 0.3) is 0 Å². The highest BCUT2D eigenvalue weighted by Gasteiger charge is 2.22. The lowest BCUT2D eigenvalue weighted by Gasteiger charge is -2.20. The molecule has 1 saturated heterocycles. The summed E-state index contributed by atoms with van der Waals surface area (Å²) in [7, 11) is 0. The second-order valence-corrected chi connectivity index (χ2v) is 4.64. The van der Waals surface area contributed by atoms with Crippen LogP contribution in [0.25, 0.3) is 0 Å². The van der Waals surface area contributed by atoms with Crippen molar-refractivity contribution in [3.63, 3.8) is 0 Å². The normalized spacial score (nSPS) is 20.4. The number of anilines is 2. The molecule has 1 heterocycles. The molecule has 0 spiro atoms. The van der Waals surface area contributed by atoms with Crippen molar-refractivity contribution in [1.29, 1.82) is 0 Å². The largest absolute Gasteiger partial charge is 0.399 e. The fourth-order valence-corrected chi connectivity index (χ4v) is 2.23. The summed E-state index contributed by atoms with van der Waals surface area (Å²) in [6, 6.07) is 7.77. The van der Waals surface area contributed by atoms with E-state index >= 15 is 0 Å². The van der Waals surface area contributed by atoms with Gasteiger partial charge < -0.3 is 11.1 Å². The van der Waals surface area contributed by atoms with E-state index < -0.39 is 0 Å². The number of nitrogens with zero attached hydrogens (tertiary/aromatic N) is 1. The van der Waals surface area contributed by atoms with Gasteiger partial charge in [-0.2, -0.15) is 0 Å². The molecule has 1 aliphatic heterocycles. The maximum atomic E-state index is 11.8. The number of benzene rings is 1. The zero-order valence-electron chi connectivity index (χ0n) is 10.1. The molecule has 1 atom stereocenters. The quantitative estimate of drug-likeness (QED) is 0.781. The third-order valence-electron chi connectivity index (χ3n) is 3.21. The van der Waals surface area contributed by atoms with Crippen molar-refractivity contribution in [2.24, 2.45) is 0 Å². The minimum atomic E-state index is 0.0318. The maximum Gasteiger partial charge on any atom is 0.238 e. The van der Waals surface area contributed by atoms with Gasteiger partial charge in [0, 0.05) is 17.4 Å². The Morgan fingerprint density at radius 3 is 3.06 bits per heavy atom. The van der Waals surface area contributed by atoms with Crippen molar-refractivity contribution in [3.05, 3.63) is 24.3 Å². The van der Waals surface area contributed by atoms with Crippen molar-refractivity contribution in [2.45, 2.75) is 25.8 Å². The molecule has 92 valence electrons. The average molecular weight is 233 g/mol. The van der Waals surface area contributed by atoms with Crippen LogP contribution in [0.15, 0.2) is 24.3 Å². The van der Waals surface area contributed by atoms with Crippen LogP contribution in [-0.4, -0.2) is 29.9 Å². The Morgan fingerprint density at radius 2 is 2.41 bits per heavy atom. The van der Waals surface area contributed by atoms with Gasteiger partial charge in [-0.15, -0.1) is 0 Å². The van der Waals surface area contributed by atoms with E-state index in [2.05, 4.69) is 17.1 Å². The Labute approximate surface area is 102 Å². The molecule has 0 bridgehead atoms. The standard InChI is InChI=1S/C13H19N3O/c1-10-4-3-7-16(10)9-13(17)15-12-6-2-5-11(14)8-12/h2,5-6,8,10H,3-4,7,9,14H2,1H3,(H,15,17)/t10-/m0/s1. The first-order chi connectivity index (χ1) is 8.15. The highest BCUT2D eigenvalue weighted by atomic mass is 16.2. The number of hydrogen-bond donors (Lipinski definition) is 2. The van der Waals surface area contributed by atoms with Crippen LogP contribution in [0.5, 0.6) is 0 Å². The lowest BCUT2D eigenvalue weighted by atomic mass is 10.2. The van der Waals surface area contributed by atoms with E-state index in [0.29, 0.717) is 18.3 Å². The van der Waals surface area contributed by atoms with E-state index in [1.165, 1.54) is 12.8 Å². The SMILES string of the molecule is C[C@H]1CCCN1CC(=O)Nc1cccc(N)c1. The summed E-state index contributed by atoms with van der Waals surface area (Å²) in [5.41, 5.74) is 7.09. The number of nitrogens with two attached hydrogens (primary N) is 1. The van der Waals surface area contributed by atoms with Crippen LogP contribution in [0.2, 0.25) is 0 Å². The number of carbonyl (C=O) groups is 1. The van der Waals surface area contributed by atoms with Crippen LogP contribution in [0.1, 0.15) is 19.8 Å². The first kappa shape index (κ1) is 11.9. The topological polar surface area (TPSA) is 58.4 Å². The summed E-state index contributed by atoms with van der Waals surface area (Å²) in [5, 5.41) is 2.87. The third-order valence-corrected chi connectivity index (χ3v) is 3.21. The molecule has 3 N–H and O–H groups in total. The van der Waals surface area contributed by atoms with Crippen LogP contribution in [-0.2, 0) is 4.79 Å². The smallest absolute Gasteiger partial charge is 0.238 e. The summed E-state index contributed by atoms with van der Waals surface area (Å²) < 4.78 is 0. The number of likely N-dealkylation sites (tertiary alicyclic amines) is 1. The fourth-order valence-electron chi connectivity index (χ4n) is 2.23. The van der Waals surface area contributed by atoms with E-state index in [4.69, 9.17) is 5.73 Å². The number of amides is 1. The van der Waals surface area contributed by atoms with Gasteiger partial charge >= 0.3 is 0 Å². The first-order valence-electron chi connectivity index (χ1n) is 6.04. The highest BCUT2D eigenvalue weighted by Crippen LogP contribution is 2.16. The van der Waals surface area contributed by atoms with Crippen LogP contribution < -0.4 is 11.1 Å². The molecule has 1 aromatic carbocycles. The molecule has 2 rings (SSSR count). The Kier molecular flexibility index (Phi) is 3.64. The Hall–Kier alpha value is -1.55. The molecule has 4 heteroatoms. The number of rotatable bonds is 3. The monoisotopic (exact) mass is 233 g/mol. The molecular weight excluding hydrogens is 214 g/mol. The minimum Gasteiger partial charge on any atom is -0.399 e. The van der Waals surface area contributed by atoms with Crippen LogP contribution >= 0.6 is 0 Å². The van der Waals surface area contributed by atoms with Gasteiger partial charge in [-0.05, 0) is 44.5 Å². The Bertz CT molecular complexity index is 405. The molecule has 0 saturated carbocycles. The molecule has 0 radical (unpaired) electrons. The van der Waals surface area contributed by atoms with Crippen molar-refractivity contribution < 1.29 is 4.79 Å². The molecule has 0 unspecified atom stereocenters. The van der Waals surface area contributed by atoms with Gasteiger partial charge in [0.1, 0.15) is 0 Å². The highest BCUT2D eigenvalue weighted by molar-refractivity contribution is 5.92. The van der Waals surface area contributed by atoms with Crippen LogP contribution in [0.4, 0.5) is 11.4 Å². The van der Waals surface area contributed by atoms with Crippen molar-refractivity contribution in [1.82, 2.24) is 4.90 Å². The summed E-state index contributed by atoms with van der Waals surface area (Å²) in [6.45, 7) is 3.66. The van der Waals surface area contributed by atoms with Gasteiger partial charge in [-0.1, -0.05) is 6.07 Å². The van der Waals surface area contributed by atoms with Gasteiger partial charge in [0.15, 0.2) is 0 Å². The van der Waals surface area contributed by atoms with E-state index in [9.17, 15) is 4.79 Å². The first-order valence-corrected chi connectivity index (χ1v) is 6.04. The van der Waals surface area contributed by atoms with Crippen LogP contribution in [0, 0.1) is 0 Å². The number of carbonyl (C=O) groups excluding carboxylic acids is 1. The Balaban J connectivity index is 1.89. The molecule has 0 aliphatic carbocycles. The third kappa shape index (κ3) is 3.20. The van der Waals surface area contributed by atoms with Gasteiger partial charge in [-0.25, -0.2) is 0 Å². The molecule has 1 fully saturated rings. The summed E-state index contributed by atoms with van der Waals surface area (Å²) >= 11 is 0. The van der Waals surface area contributed by atoms with Crippen LogP contribution in [0.3, 0.4) is 0 Å². The summed E-state index contributed by atoms with van der Waals surface area (Å²) in [5.74, 6) is 0.0318. The van der Waals surface area contributed by atoms with Gasteiger partial charge in [0.2, 0.25) is 5.91 Å².